The number of fused-ring (bicyclic) bond motifs is 1. The molecule has 0 aromatic rings. The van der Waals surface area contributed by atoms with Crippen molar-refractivity contribution in [3.05, 3.63) is 11.6 Å². The minimum atomic E-state index is 0.111. The van der Waals surface area contributed by atoms with E-state index in [2.05, 4.69) is 26.8 Å². The second kappa shape index (κ2) is 3.35. The molecule has 0 N–H and O–H groups in total. The van der Waals surface area contributed by atoms with E-state index in [-0.39, 0.29) is 11.2 Å². The highest BCUT2D eigenvalue weighted by atomic mass is 16.5. The van der Waals surface area contributed by atoms with Gasteiger partial charge in [0.1, 0.15) is 0 Å². The third kappa shape index (κ3) is 1.27. The molecule has 2 aliphatic carbocycles. The van der Waals surface area contributed by atoms with Gasteiger partial charge in [-0.2, -0.15) is 0 Å². The molecular formula is C15H24O. The molecule has 16 heavy (non-hydrogen) atoms. The summed E-state index contributed by atoms with van der Waals surface area (Å²) in [4.78, 5) is 0. The predicted molar refractivity (Wildman–Crippen MR) is 66.3 cm³/mol. The number of allylic oxidation sites excluding steroid dienone is 1. The van der Waals surface area contributed by atoms with E-state index in [0.717, 1.165) is 11.8 Å². The fourth-order valence-corrected chi connectivity index (χ4v) is 4.45. The van der Waals surface area contributed by atoms with Crippen LogP contribution in [0.4, 0.5) is 0 Å². The fourth-order valence-electron chi connectivity index (χ4n) is 4.45. The molecule has 0 aromatic heterocycles. The Hall–Kier alpha value is -0.300. The summed E-state index contributed by atoms with van der Waals surface area (Å²) in [6.45, 7) is 6.90. The van der Waals surface area contributed by atoms with Crippen LogP contribution >= 0.6 is 0 Å². The number of hydrogen-bond donors (Lipinski definition) is 0. The summed E-state index contributed by atoms with van der Waals surface area (Å²) in [5.41, 5.74) is 1.87. The van der Waals surface area contributed by atoms with Crippen molar-refractivity contribution < 1.29 is 4.74 Å². The molecule has 1 heterocycles. The second-order valence-electron chi connectivity index (χ2n) is 6.43. The lowest BCUT2D eigenvalue weighted by atomic mass is 9.63. The van der Waals surface area contributed by atoms with Crippen molar-refractivity contribution in [2.75, 3.05) is 0 Å². The van der Waals surface area contributed by atoms with E-state index in [1.165, 1.54) is 38.5 Å². The van der Waals surface area contributed by atoms with Crippen LogP contribution in [-0.2, 0) is 4.74 Å². The average Bonchev–Trinajstić information content (AvgIpc) is 2.45. The largest absolute Gasteiger partial charge is 0.364 e. The van der Waals surface area contributed by atoms with Crippen molar-refractivity contribution in [1.82, 2.24) is 0 Å². The summed E-state index contributed by atoms with van der Waals surface area (Å²) in [7, 11) is 0. The molecule has 0 radical (unpaired) electrons. The van der Waals surface area contributed by atoms with Crippen LogP contribution in [0.25, 0.3) is 0 Å². The van der Waals surface area contributed by atoms with Gasteiger partial charge in [0.15, 0.2) is 0 Å². The monoisotopic (exact) mass is 220 g/mol. The van der Waals surface area contributed by atoms with Crippen molar-refractivity contribution in [3.63, 3.8) is 0 Å². The number of rotatable bonds is 1. The standard InChI is InChI=1S/C15H24O/c1-4-11-6-5-7-12-8-9-13-10-15(11,12)16-14(13,2)3/h6,12-13H,4-5,7-10H2,1-3H3/t12?,13-,15+/m1/s1. The Labute approximate surface area is 99.3 Å². The van der Waals surface area contributed by atoms with Crippen LogP contribution in [0.5, 0.6) is 0 Å². The van der Waals surface area contributed by atoms with Gasteiger partial charge >= 0.3 is 0 Å². The molecule has 1 heteroatoms. The average molecular weight is 220 g/mol. The first kappa shape index (κ1) is 10.8. The van der Waals surface area contributed by atoms with E-state index in [9.17, 15) is 0 Å². The molecule has 1 unspecified atom stereocenters. The van der Waals surface area contributed by atoms with Gasteiger partial charge in [0.05, 0.1) is 11.2 Å². The Balaban J connectivity index is 2.03. The SMILES string of the molecule is CCC1=CCCC2CC[C@@H]3C[C@]12OC3(C)C. The zero-order chi connectivity index (χ0) is 11.4. The lowest BCUT2D eigenvalue weighted by Gasteiger charge is -2.44. The Bertz CT molecular complexity index is 328. The van der Waals surface area contributed by atoms with Crippen molar-refractivity contribution in [1.29, 1.82) is 0 Å². The van der Waals surface area contributed by atoms with E-state index in [0.29, 0.717) is 0 Å². The van der Waals surface area contributed by atoms with Gasteiger partial charge in [0.25, 0.3) is 0 Å². The Kier molecular flexibility index (Phi) is 2.27. The fraction of sp³-hybridized carbons (Fsp3) is 0.867. The van der Waals surface area contributed by atoms with Gasteiger partial charge in [-0.05, 0) is 69.8 Å². The lowest BCUT2D eigenvalue weighted by Crippen LogP contribution is -2.43. The maximum Gasteiger partial charge on any atom is 0.0930 e. The van der Waals surface area contributed by atoms with Gasteiger partial charge in [-0.1, -0.05) is 13.0 Å². The minimum Gasteiger partial charge on any atom is -0.364 e. The van der Waals surface area contributed by atoms with Crippen LogP contribution < -0.4 is 0 Å². The van der Waals surface area contributed by atoms with Crippen molar-refractivity contribution in [3.8, 4) is 0 Å². The van der Waals surface area contributed by atoms with Gasteiger partial charge in [0.2, 0.25) is 0 Å². The molecule has 3 aliphatic rings. The number of hydrogen-bond acceptors (Lipinski definition) is 1. The normalized spacial score (nSPS) is 45.1. The van der Waals surface area contributed by atoms with E-state index < -0.39 is 0 Å². The van der Waals surface area contributed by atoms with Gasteiger partial charge in [0, 0.05) is 0 Å². The highest BCUT2D eigenvalue weighted by molar-refractivity contribution is 5.27. The topological polar surface area (TPSA) is 9.23 Å². The van der Waals surface area contributed by atoms with Crippen LogP contribution in [0.2, 0.25) is 0 Å². The maximum atomic E-state index is 6.60. The molecule has 2 bridgehead atoms. The zero-order valence-corrected chi connectivity index (χ0v) is 10.9. The van der Waals surface area contributed by atoms with Crippen LogP contribution in [-0.4, -0.2) is 11.2 Å². The summed E-state index contributed by atoms with van der Waals surface area (Å²) in [6.07, 6.45) is 10.4. The molecule has 1 spiro atoms. The first-order valence-electron chi connectivity index (χ1n) is 6.98. The molecule has 0 aromatic carbocycles. The molecule has 1 nitrogen and oxygen atoms in total. The maximum absolute atomic E-state index is 6.60. The lowest BCUT2D eigenvalue weighted by molar-refractivity contribution is -0.0974. The Morgan fingerprint density at radius 2 is 2.00 bits per heavy atom. The third-order valence-corrected chi connectivity index (χ3v) is 5.33. The summed E-state index contributed by atoms with van der Waals surface area (Å²) in [6, 6.07) is 0. The number of ether oxygens (including phenoxy) is 1. The zero-order valence-electron chi connectivity index (χ0n) is 10.9. The van der Waals surface area contributed by atoms with Crippen LogP contribution in [0.3, 0.4) is 0 Å². The Morgan fingerprint density at radius 3 is 2.75 bits per heavy atom. The summed E-state index contributed by atoms with van der Waals surface area (Å²) < 4.78 is 6.60. The quantitative estimate of drug-likeness (QED) is 0.605. The van der Waals surface area contributed by atoms with Gasteiger partial charge in [-0.3, -0.25) is 0 Å². The summed E-state index contributed by atoms with van der Waals surface area (Å²) in [5, 5.41) is 0. The molecule has 3 atom stereocenters. The smallest absolute Gasteiger partial charge is 0.0930 e. The van der Waals surface area contributed by atoms with E-state index in [1.54, 1.807) is 5.57 Å². The molecule has 90 valence electrons. The van der Waals surface area contributed by atoms with Gasteiger partial charge in [-0.25, -0.2) is 0 Å². The summed E-state index contributed by atoms with van der Waals surface area (Å²) >= 11 is 0. The highest BCUT2D eigenvalue weighted by Gasteiger charge is 2.58. The van der Waals surface area contributed by atoms with Crippen molar-refractivity contribution in [2.24, 2.45) is 11.8 Å². The van der Waals surface area contributed by atoms with Crippen LogP contribution in [0.15, 0.2) is 11.6 Å². The molecule has 1 saturated carbocycles. The van der Waals surface area contributed by atoms with E-state index in [4.69, 9.17) is 4.74 Å². The Morgan fingerprint density at radius 1 is 1.25 bits per heavy atom. The molecule has 2 fully saturated rings. The van der Waals surface area contributed by atoms with Crippen molar-refractivity contribution >= 4 is 0 Å². The van der Waals surface area contributed by atoms with Gasteiger partial charge < -0.3 is 4.74 Å². The first-order chi connectivity index (χ1) is 7.58. The second-order valence-corrected chi connectivity index (χ2v) is 6.43. The molecule has 3 rings (SSSR count). The van der Waals surface area contributed by atoms with Gasteiger partial charge in [-0.15, -0.1) is 0 Å². The highest BCUT2D eigenvalue weighted by Crippen LogP contribution is 2.59. The molecule has 1 aliphatic heterocycles. The third-order valence-electron chi connectivity index (χ3n) is 5.33. The first-order valence-corrected chi connectivity index (χ1v) is 6.98. The summed E-state index contributed by atoms with van der Waals surface area (Å²) in [5.74, 6) is 1.60. The van der Waals surface area contributed by atoms with Crippen molar-refractivity contribution in [2.45, 2.75) is 70.5 Å². The molecule has 1 saturated heterocycles. The van der Waals surface area contributed by atoms with Crippen LogP contribution in [0.1, 0.15) is 59.3 Å². The van der Waals surface area contributed by atoms with Crippen LogP contribution in [0, 0.1) is 11.8 Å². The molecule has 0 amide bonds. The van der Waals surface area contributed by atoms with E-state index in [1.807, 2.05) is 0 Å². The molecular weight excluding hydrogens is 196 g/mol. The minimum absolute atomic E-state index is 0.111. The predicted octanol–water partition coefficient (Wildman–Crippen LogP) is 4.08. The van der Waals surface area contributed by atoms with E-state index >= 15 is 0 Å².